The van der Waals surface area contributed by atoms with Crippen molar-refractivity contribution in [1.29, 1.82) is 0 Å². The lowest BCUT2D eigenvalue weighted by molar-refractivity contribution is 0.544. The largest absolute Gasteiger partial charge is 0.328 e. The van der Waals surface area contributed by atoms with Crippen molar-refractivity contribution in [2.45, 2.75) is 45.3 Å². The Kier molecular flexibility index (Phi) is 3.26. The number of nitrogens with two attached hydrogens (primary N) is 1. The van der Waals surface area contributed by atoms with Crippen LogP contribution in [-0.2, 0) is 6.54 Å². The summed E-state index contributed by atoms with van der Waals surface area (Å²) in [5.41, 5.74) is 9.86. The number of nitrogens with zero attached hydrogens (tertiary/aromatic N) is 2. The molecule has 0 aliphatic heterocycles. The van der Waals surface area contributed by atoms with E-state index in [0.29, 0.717) is 12.6 Å². The van der Waals surface area contributed by atoms with Gasteiger partial charge in [-0.1, -0.05) is 23.8 Å². The molecule has 4 nitrogen and oxygen atoms in total. The maximum Gasteiger partial charge on any atom is 0.328 e. The van der Waals surface area contributed by atoms with Gasteiger partial charge in [-0.3, -0.25) is 9.13 Å². The van der Waals surface area contributed by atoms with Gasteiger partial charge in [-0.2, -0.15) is 0 Å². The lowest BCUT2D eigenvalue weighted by Crippen LogP contribution is -2.28. The molecule has 3 rings (SSSR count). The van der Waals surface area contributed by atoms with Crippen molar-refractivity contribution in [2.75, 3.05) is 0 Å². The minimum Gasteiger partial charge on any atom is -0.322 e. The molecule has 1 aliphatic rings. The van der Waals surface area contributed by atoms with Crippen molar-refractivity contribution in [2.24, 2.45) is 5.73 Å². The molecule has 1 aliphatic carbocycles. The van der Waals surface area contributed by atoms with Gasteiger partial charge in [-0.25, -0.2) is 4.79 Å². The van der Waals surface area contributed by atoms with Gasteiger partial charge in [-0.05, 0) is 37.8 Å². The molecule has 0 bridgehead atoms. The van der Waals surface area contributed by atoms with Crippen molar-refractivity contribution in [3.63, 3.8) is 0 Å². The fourth-order valence-corrected chi connectivity index (χ4v) is 2.67. The van der Waals surface area contributed by atoms with Crippen molar-refractivity contribution in [3.05, 3.63) is 57.8 Å². The van der Waals surface area contributed by atoms with Crippen LogP contribution in [0.3, 0.4) is 0 Å². The van der Waals surface area contributed by atoms with E-state index in [2.05, 4.69) is 32.0 Å². The average Bonchev–Trinajstić information content (AvgIpc) is 3.19. The monoisotopic (exact) mass is 271 g/mol. The van der Waals surface area contributed by atoms with Gasteiger partial charge in [0.2, 0.25) is 0 Å². The van der Waals surface area contributed by atoms with Crippen molar-refractivity contribution >= 4 is 0 Å². The van der Waals surface area contributed by atoms with Crippen LogP contribution in [0.4, 0.5) is 0 Å². The first-order chi connectivity index (χ1) is 9.56. The van der Waals surface area contributed by atoms with E-state index in [-0.39, 0.29) is 11.7 Å². The molecule has 1 aromatic heterocycles. The number of benzene rings is 1. The lowest BCUT2D eigenvalue weighted by atomic mass is 9.99. The van der Waals surface area contributed by atoms with Gasteiger partial charge in [0.1, 0.15) is 0 Å². The zero-order valence-corrected chi connectivity index (χ0v) is 12.0. The standard InChI is InChI=1S/C16H21N3O/c1-11-3-4-12(2)14(9-11)15(17)10-18-7-8-19(16(18)20)13-5-6-13/h3-4,7-9,13,15H,5-6,10,17H2,1-2H3. The summed E-state index contributed by atoms with van der Waals surface area (Å²) in [5, 5.41) is 0. The molecule has 4 heteroatoms. The Balaban J connectivity index is 1.83. The first kappa shape index (κ1) is 13.2. The molecule has 106 valence electrons. The minimum atomic E-state index is -0.150. The Hall–Kier alpha value is -1.81. The second-order valence-electron chi connectivity index (χ2n) is 5.84. The van der Waals surface area contributed by atoms with Crippen LogP contribution in [0.25, 0.3) is 0 Å². The highest BCUT2D eigenvalue weighted by Crippen LogP contribution is 2.33. The van der Waals surface area contributed by atoms with E-state index in [4.69, 9.17) is 5.73 Å². The Morgan fingerprint density at radius 1 is 1.30 bits per heavy atom. The Morgan fingerprint density at radius 2 is 2.05 bits per heavy atom. The number of imidazole rings is 1. The summed E-state index contributed by atoms with van der Waals surface area (Å²) in [6, 6.07) is 6.55. The minimum absolute atomic E-state index is 0.0632. The van der Waals surface area contributed by atoms with Crippen LogP contribution in [0.2, 0.25) is 0 Å². The molecule has 1 fully saturated rings. The molecular weight excluding hydrogens is 250 g/mol. The van der Waals surface area contributed by atoms with Gasteiger partial charge < -0.3 is 5.73 Å². The molecule has 0 amide bonds. The molecule has 0 saturated heterocycles. The van der Waals surface area contributed by atoms with Crippen molar-refractivity contribution in [3.8, 4) is 0 Å². The van der Waals surface area contributed by atoms with E-state index >= 15 is 0 Å². The molecule has 1 heterocycles. The molecule has 20 heavy (non-hydrogen) atoms. The van der Waals surface area contributed by atoms with Crippen LogP contribution in [-0.4, -0.2) is 9.13 Å². The number of aromatic nitrogens is 2. The van der Waals surface area contributed by atoms with E-state index in [9.17, 15) is 4.79 Å². The fourth-order valence-electron chi connectivity index (χ4n) is 2.67. The third-order valence-corrected chi connectivity index (χ3v) is 4.04. The van der Waals surface area contributed by atoms with Gasteiger partial charge in [-0.15, -0.1) is 0 Å². The third-order valence-electron chi connectivity index (χ3n) is 4.04. The van der Waals surface area contributed by atoms with E-state index < -0.39 is 0 Å². The van der Waals surface area contributed by atoms with E-state index in [1.807, 2.05) is 17.0 Å². The highest BCUT2D eigenvalue weighted by atomic mass is 16.1. The summed E-state index contributed by atoms with van der Waals surface area (Å²) < 4.78 is 3.56. The maximum absolute atomic E-state index is 12.2. The topological polar surface area (TPSA) is 52.9 Å². The SMILES string of the molecule is Cc1ccc(C)c(C(N)Cn2ccn(C3CC3)c2=O)c1. The molecule has 1 saturated carbocycles. The number of hydrogen-bond donors (Lipinski definition) is 1. The molecular formula is C16H21N3O. The van der Waals surface area contributed by atoms with E-state index in [1.165, 1.54) is 11.1 Å². The summed E-state index contributed by atoms with van der Waals surface area (Å²) in [4.78, 5) is 12.2. The molecule has 0 radical (unpaired) electrons. The quantitative estimate of drug-likeness (QED) is 0.927. The van der Waals surface area contributed by atoms with Crippen molar-refractivity contribution < 1.29 is 0 Å². The molecule has 1 unspecified atom stereocenters. The summed E-state index contributed by atoms with van der Waals surface area (Å²) in [6.07, 6.45) is 5.97. The number of rotatable bonds is 4. The zero-order chi connectivity index (χ0) is 14.3. The first-order valence-electron chi connectivity index (χ1n) is 7.16. The zero-order valence-electron chi connectivity index (χ0n) is 12.0. The fraction of sp³-hybridized carbons (Fsp3) is 0.438. The highest BCUT2D eigenvalue weighted by molar-refractivity contribution is 5.32. The van der Waals surface area contributed by atoms with Crippen LogP contribution in [0, 0.1) is 13.8 Å². The Bertz CT molecular complexity index is 679. The molecule has 0 spiro atoms. The summed E-state index contributed by atoms with van der Waals surface area (Å²) in [6.45, 7) is 4.65. The Morgan fingerprint density at radius 3 is 2.75 bits per heavy atom. The van der Waals surface area contributed by atoms with Crippen LogP contribution >= 0.6 is 0 Å². The summed E-state index contributed by atoms with van der Waals surface area (Å²) >= 11 is 0. The molecule has 1 atom stereocenters. The second kappa shape index (κ2) is 4.94. The van der Waals surface area contributed by atoms with Crippen LogP contribution in [0.5, 0.6) is 0 Å². The average molecular weight is 271 g/mol. The predicted molar refractivity (Wildman–Crippen MR) is 79.8 cm³/mol. The second-order valence-corrected chi connectivity index (χ2v) is 5.84. The van der Waals surface area contributed by atoms with Crippen LogP contribution in [0.15, 0.2) is 35.4 Å². The van der Waals surface area contributed by atoms with Gasteiger partial charge in [0.05, 0.1) is 0 Å². The van der Waals surface area contributed by atoms with Crippen molar-refractivity contribution in [1.82, 2.24) is 9.13 Å². The van der Waals surface area contributed by atoms with Gasteiger partial charge in [0, 0.05) is 31.0 Å². The first-order valence-corrected chi connectivity index (χ1v) is 7.16. The van der Waals surface area contributed by atoms with E-state index in [0.717, 1.165) is 18.4 Å². The Labute approximate surface area is 118 Å². The normalized spacial score (nSPS) is 16.4. The van der Waals surface area contributed by atoms with Crippen LogP contribution in [0.1, 0.15) is 41.6 Å². The summed E-state index contributed by atoms with van der Waals surface area (Å²) in [5.74, 6) is 0. The number of hydrogen-bond acceptors (Lipinski definition) is 2. The molecule has 1 aromatic carbocycles. The van der Waals surface area contributed by atoms with E-state index in [1.54, 1.807) is 4.57 Å². The highest BCUT2D eigenvalue weighted by Gasteiger charge is 2.25. The van der Waals surface area contributed by atoms with Gasteiger partial charge in [0.25, 0.3) is 0 Å². The molecule has 2 aromatic rings. The van der Waals surface area contributed by atoms with Gasteiger partial charge in [0.15, 0.2) is 0 Å². The predicted octanol–water partition coefficient (Wildman–Crippen LogP) is 2.30. The van der Waals surface area contributed by atoms with Crippen LogP contribution < -0.4 is 11.4 Å². The third kappa shape index (κ3) is 2.43. The molecule has 2 N–H and O–H groups in total. The smallest absolute Gasteiger partial charge is 0.322 e. The number of aryl methyl sites for hydroxylation is 2. The summed E-state index contributed by atoms with van der Waals surface area (Å²) in [7, 11) is 0. The van der Waals surface area contributed by atoms with Gasteiger partial charge >= 0.3 is 5.69 Å². The maximum atomic E-state index is 12.2. The lowest BCUT2D eigenvalue weighted by Gasteiger charge is -2.15.